The second-order valence-electron chi connectivity index (χ2n) is 10.3. The number of anilines is 1. The van der Waals surface area contributed by atoms with Gasteiger partial charge in [0.1, 0.15) is 0 Å². The smallest absolute Gasteiger partial charge is 0.406 e. The molecule has 0 saturated heterocycles. The van der Waals surface area contributed by atoms with E-state index in [0.717, 1.165) is 28.1 Å². The van der Waals surface area contributed by atoms with Crippen molar-refractivity contribution in [1.29, 1.82) is 0 Å². The molecule has 3 aliphatic carbocycles. The molecule has 0 amide bonds. The van der Waals surface area contributed by atoms with Gasteiger partial charge in [-0.3, -0.25) is 0 Å². The molecule has 0 unspecified atom stereocenters. The average Bonchev–Trinajstić information content (AvgIpc) is 2.87. The first-order chi connectivity index (χ1) is 16.2. The molecule has 3 saturated carbocycles. The fourth-order valence-corrected chi connectivity index (χ4v) is 12.0. The van der Waals surface area contributed by atoms with Crippen LogP contribution in [-0.2, 0) is 20.4 Å². The summed E-state index contributed by atoms with van der Waals surface area (Å²) in [6.45, 7) is 0. The summed E-state index contributed by atoms with van der Waals surface area (Å²) < 4.78 is 0.248. The molecule has 0 spiro atoms. The molecule has 34 heavy (non-hydrogen) atoms. The first-order valence-corrected chi connectivity index (χ1v) is 15.3. The van der Waals surface area contributed by atoms with Crippen molar-refractivity contribution in [2.75, 3.05) is 5.73 Å². The predicted octanol–water partition coefficient (Wildman–Crippen LogP) is 9.77. The quantitative estimate of drug-likeness (QED) is 0.124. The minimum absolute atomic E-state index is 0. The Balaban J connectivity index is 0.000000201. The van der Waals surface area contributed by atoms with Crippen molar-refractivity contribution in [3.05, 3.63) is 54.6 Å². The van der Waals surface area contributed by atoms with Gasteiger partial charge >= 0.3 is 20.4 Å². The molecule has 2 aromatic rings. The van der Waals surface area contributed by atoms with E-state index in [1.54, 1.807) is 0 Å². The molecule has 3 aliphatic rings. The summed E-state index contributed by atoms with van der Waals surface area (Å²) in [6, 6.07) is 18.8. The molecule has 0 radical (unpaired) electrons. The van der Waals surface area contributed by atoms with E-state index in [2.05, 4.69) is 6.07 Å². The van der Waals surface area contributed by atoms with Crippen LogP contribution in [0.4, 0.5) is 5.69 Å². The fourth-order valence-electron chi connectivity index (χ4n) is 6.33. The van der Waals surface area contributed by atoms with Gasteiger partial charge in [-0.05, 0) is 61.6 Å². The summed E-state index contributed by atoms with van der Waals surface area (Å²) >= 11 is 7.34. The third-order valence-electron chi connectivity index (χ3n) is 7.98. The first kappa shape index (κ1) is 28.2. The van der Waals surface area contributed by atoms with Crippen LogP contribution in [0.3, 0.4) is 0 Å². The zero-order chi connectivity index (χ0) is 22.9. The van der Waals surface area contributed by atoms with Gasteiger partial charge < -0.3 is 5.73 Å². The number of halogens is 1. The zero-order valence-corrected chi connectivity index (χ0v) is 23.8. The molecular formula is C30H42ClNPPd+. The predicted molar refractivity (Wildman–Crippen MR) is 147 cm³/mol. The summed E-state index contributed by atoms with van der Waals surface area (Å²) in [5.41, 5.74) is 10.8. The molecular weight excluding hydrogens is 547 g/mol. The van der Waals surface area contributed by atoms with E-state index in [0.29, 0.717) is 0 Å². The number of alkyl halides is 1. The van der Waals surface area contributed by atoms with Crippen LogP contribution in [0.2, 0.25) is 0 Å². The summed E-state index contributed by atoms with van der Waals surface area (Å²) in [5, 5.41) is 0. The van der Waals surface area contributed by atoms with E-state index in [1.807, 2.05) is 48.5 Å². The number of nitrogen functional groups attached to an aromatic ring is 1. The summed E-state index contributed by atoms with van der Waals surface area (Å²) in [4.78, 5) is 0. The van der Waals surface area contributed by atoms with Gasteiger partial charge in [0.15, 0.2) is 0 Å². The van der Waals surface area contributed by atoms with E-state index in [-0.39, 0.29) is 33.0 Å². The molecule has 5 rings (SSSR count). The van der Waals surface area contributed by atoms with E-state index in [1.165, 1.54) is 96.3 Å². The number of benzene rings is 2. The molecule has 0 atom stereocenters. The van der Waals surface area contributed by atoms with Crippen LogP contribution >= 0.6 is 19.5 Å². The van der Waals surface area contributed by atoms with Crippen LogP contribution in [0.5, 0.6) is 0 Å². The monoisotopic (exact) mass is 588 g/mol. The van der Waals surface area contributed by atoms with Gasteiger partial charge in [0, 0.05) is 0 Å². The Hall–Kier alpha value is -0.378. The number of hydrogen-bond acceptors (Lipinski definition) is 1. The maximum Gasteiger partial charge on any atom is 2.00 e. The number of hydrogen-bond donors (Lipinski definition) is 1. The molecule has 2 aromatic carbocycles. The minimum Gasteiger partial charge on any atom is -0.406 e. The zero-order valence-electron chi connectivity index (χ0n) is 20.6. The van der Waals surface area contributed by atoms with Crippen molar-refractivity contribution in [3.8, 4) is 11.1 Å². The minimum atomic E-state index is 0. The van der Waals surface area contributed by atoms with E-state index in [9.17, 15) is 0 Å². The third-order valence-corrected chi connectivity index (χ3v) is 12.9. The third kappa shape index (κ3) is 7.56. The van der Waals surface area contributed by atoms with Gasteiger partial charge in [0.2, 0.25) is 0 Å². The Labute approximate surface area is 228 Å². The first-order valence-electron chi connectivity index (χ1n) is 13.5. The molecule has 1 nitrogen and oxygen atoms in total. The standard InChI is InChI=1S/C18H32ClP.C12H10N.Pd/c19-18(14-8-3-9-15-18)20(16-10-4-1-5-11-16)17-12-6-2-7-13-17;13-12-9-5-4-8-11(12)10-6-2-1-3-7-10;/h16-17H,1-15H2;1-6,8-9H,13H2;/q;-1;+2. The van der Waals surface area contributed by atoms with Gasteiger partial charge in [-0.2, -0.15) is 0 Å². The van der Waals surface area contributed by atoms with Gasteiger partial charge in [0.05, 0.1) is 4.62 Å². The molecule has 0 aromatic heterocycles. The van der Waals surface area contributed by atoms with Crippen molar-refractivity contribution in [3.63, 3.8) is 0 Å². The normalized spacial score (nSPS) is 21.2. The number of nitrogens with two attached hydrogens (primary N) is 1. The van der Waals surface area contributed by atoms with Crippen LogP contribution < -0.4 is 5.73 Å². The molecule has 188 valence electrons. The maximum atomic E-state index is 7.34. The van der Waals surface area contributed by atoms with E-state index < -0.39 is 0 Å². The molecule has 0 heterocycles. The van der Waals surface area contributed by atoms with E-state index >= 15 is 0 Å². The molecule has 3 fully saturated rings. The second kappa shape index (κ2) is 14.4. The summed E-state index contributed by atoms with van der Waals surface area (Å²) in [5.74, 6) is 0. The van der Waals surface area contributed by atoms with Gasteiger partial charge in [-0.25, -0.2) is 0 Å². The van der Waals surface area contributed by atoms with E-state index in [4.69, 9.17) is 17.3 Å². The maximum absolute atomic E-state index is 7.34. The Morgan fingerprint density at radius 3 is 1.79 bits per heavy atom. The van der Waals surface area contributed by atoms with Crippen LogP contribution in [0, 0.1) is 6.07 Å². The second-order valence-corrected chi connectivity index (χ2v) is 14.5. The Kier molecular flexibility index (Phi) is 11.9. The Morgan fingerprint density at radius 2 is 1.26 bits per heavy atom. The average molecular weight is 590 g/mol. The molecule has 4 heteroatoms. The SMILES string of the molecule is ClC1(P(C2CCCCC2)C2CCCCC2)CCCCC1.Nc1ccccc1-c1[c-]cccc1.[Pd+2]. The fraction of sp³-hybridized carbons (Fsp3) is 0.600. The Bertz CT molecular complexity index is 809. The Morgan fingerprint density at radius 1 is 0.735 bits per heavy atom. The molecule has 0 aliphatic heterocycles. The summed E-state index contributed by atoms with van der Waals surface area (Å²) in [6.07, 6.45) is 21.9. The largest absolute Gasteiger partial charge is 2.00 e. The number of rotatable bonds is 4. The van der Waals surface area contributed by atoms with Crippen LogP contribution in [0.15, 0.2) is 48.5 Å². The number of para-hydroxylation sites is 1. The van der Waals surface area contributed by atoms with Gasteiger partial charge in [-0.1, -0.05) is 89.5 Å². The van der Waals surface area contributed by atoms with Gasteiger partial charge in [0.25, 0.3) is 0 Å². The van der Waals surface area contributed by atoms with Crippen LogP contribution in [-0.4, -0.2) is 15.9 Å². The van der Waals surface area contributed by atoms with Crippen molar-refractivity contribution >= 4 is 25.2 Å². The molecule has 2 N–H and O–H groups in total. The van der Waals surface area contributed by atoms with Crippen LogP contribution in [0.25, 0.3) is 11.1 Å². The summed E-state index contributed by atoms with van der Waals surface area (Å²) in [7, 11) is 0.0682. The van der Waals surface area contributed by atoms with Crippen LogP contribution in [0.1, 0.15) is 96.3 Å². The topological polar surface area (TPSA) is 26.0 Å². The van der Waals surface area contributed by atoms with Crippen molar-refractivity contribution < 1.29 is 20.4 Å². The van der Waals surface area contributed by atoms with Gasteiger partial charge in [-0.15, -0.1) is 47.5 Å². The van der Waals surface area contributed by atoms with Crippen molar-refractivity contribution in [2.45, 2.75) is 112 Å². The van der Waals surface area contributed by atoms with Crippen molar-refractivity contribution in [1.82, 2.24) is 0 Å². The van der Waals surface area contributed by atoms with Crippen molar-refractivity contribution in [2.24, 2.45) is 0 Å². The molecule has 0 bridgehead atoms.